The zero-order valence-electron chi connectivity index (χ0n) is 18.2. The van der Waals surface area contributed by atoms with Crippen molar-refractivity contribution in [3.63, 3.8) is 0 Å². The molecule has 1 saturated heterocycles. The van der Waals surface area contributed by atoms with Crippen LogP contribution in [0, 0.1) is 5.92 Å². The van der Waals surface area contributed by atoms with Gasteiger partial charge in [-0.25, -0.2) is 0 Å². The van der Waals surface area contributed by atoms with Crippen LogP contribution in [0.25, 0.3) is 0 Å². The molecule has 0 aromatic heterocycles. The minimum absolute atomic E-state index is 0.143. The number of hydrogen-bond acceptors (Lipinski definition) is 5. The molecule has 28 heavy (non-hydrogen) atoms. The highest BCUT2D eigenvalue weighted by Crippen LogP contribution is 2.28. The Kier molecular flexibility index (Phi) is 9.06. The SMILES string of the molecule is COc1ccc(CN2CCN(CC(=O)N[C@@H](C)CCC(C)C)CC2)cc1OC. The summed E-state index contributed by atoms with van der Waals surface area (Å²) in [7, 11) is 3.31. The minimum atomic E-state index is 0.143. The molecule has 1 fully saturated rings. The van der Waals surface area contributed by atoms with Gasteiger partial charge < -0.3 is 14.8 Å². The monoisotopic (exact) mass is 391 g/mol. The second kappa shape index (κ2) is 11.3. The van der Waals surface area contributed by atoms with Gasteiger partial charge in [-0.2, -0.15) is 0 Å². The third-order valence-electron chi connectivity index (χ3n) is 5.27. The first-order valence-electron chi connectivity index (χ1n) is 10.4. The van der Waals surface area contributed by atoms with Crippen LogP contribution < -0.4 is 14.8 Å². The van der Waals surface area contributed by atoms with Crippen molar-refractivity contribution in [1.29, 1.82) is 0 Å². The molecule has 0 spiro atoms. The Bertz CT molecular complexity index is 613. The van der Waals surface area contributed by atoms with Crippen LogP contribution in [0.4, 0.5) is 0 Å². The van der Waals surface area contributed by atoms with E-state index in [1.165, 1.54) is 5.56 Å². The van der Waals surface area contributed by atoms with Crippen LogP contribution in [0.5, 0.6) is 11.5 Å². The largest absolute Gasteiger partial charge is 0.493 e. The normalized spacial score (nSPS) is 16.8. The molecule has 0 aliphatic carbocycles. The molecular formula is C22H37N3O3. The standard InChI is InChI=1S/C22H37N3O3/c1-17(2)6-7-18(3)23-22(26)16-25-12-10-24(11-13-25)15-19-8-9-20(27-4)21(14-19)28-5/h8-9,14,17-18H,6-7,10-13,15-16H2,1-5H3,(H,23,26)/t18-/m0/s1. The summed E-state index contributed by atoms with van der Waals surface area (Å²) >= 11 is 0. The lowest BCUT2D eigenvalue weighted by atomic mass is 10.0. The lowest BCUT2D eigenvalue weighted by molar-refractivity contribution is -0.123. The number of carbonyl (C=O) groups is 1. The molecule has 6 heteroatoms. The molecule has 158 valence electrons. The molecule has 1 amide bonds. The number of methoxy groups -OCH3 is 2. The van der Waals surface area contributed by atoms with E-state index < -0.39 is 0 Å². The number of rotatable bonds is 10. The predicted molar refractivity (Wildman–Crippen MR) is 113 cm³/mol. The molecule has 1 aliphatic rings. The van der Waals surface area contributed by atoms with Crippen molar-refractivity contribution in [2.24, 2.45) is 5.92 Å². The highest BCUT2D eigenvalue weighted by atomic mass is 16.5. The van der Waals surface area contributed by atoms with Gasteiger partial charge in [0.1, 0.15) is 0 Å². The first-order chi connectivity index (χ1) is 13.4. The molecule has 0 radical (unpaired) electrons. The summed E-state index contributed by atoms with van der Waals surface area (Å²) in [4.78, 5) is 16.9. The quantitative estimate of drug-likeness (QED) is 0.665. The Morgan fingerprint density at radius 2 is 1.64 bits per heavy atom. The van der Waals surface area contributed by atoms with Gasteiger partial charge in [-0.1, -0.05) is 19.9 Å². The maximum absolute atomic E-state index is 12.3. The van der Waals surface area contributed by atoms with Gasteiger partial charge in [0.2, 0.25) is 5.91 Å². The first kappa shape index (κ1) is 22.5. The minimum Gasteiger partial charge on any atom is -0.493 e. The van der Waals surface area contributed by atoms with Crippen molar-refractivity contribution in [2.75, 3.05) is 46.9 Å². The fourth-order valence-corrected chi connectivity index (χ4v) is 3.52. The Balaban J connectivity index is 1.73. The number of hydrogen-bond donors (Lipinski definition) is 1. The summed E-state index contributed by atoms with van der Waals surface area (Å²) in [6, 6.07) is 6.33. The van der Waals surface area contributed by atoms with Crippen molar-refractivity contribution in [1.82, 2.24) is 15.1 Å². The molecule has 1 N–H and O–H groups in total. The van der Waals surface area contributed by atoms with Crippen LogP contribution in [0.2, 0.25) is 0 Å². The summed E-state index contributed by atoms with van der Waals surface area (Å²) in [5.74, 6) is 2.34. The van der Waals surface area contributed by atoms with Gasteiger partial charge in [-0.05, 0) is 43.4 Å². The molecule has 0 unspecified atom stereocenters. The van der Waals surface area contributed by atoms with Crippen molar-refractivity contribution >= 4 is 5.91 Å². The van der Waals surface area contributed by atoms with Gasteiger partial charge in [0, 0.05) is 38.8 Å². The van der Waals surface area contributed by atoms with E-state index in [9.17, 15) is 4.79 Å². The summed E-state index contributed by atoms with van der Waals surface area (Å²) in [5, 5.41) is 3.14. The molecule has 0 saturated carbocycles. The summed E-state index contributed by atoms with van der Waals surface area (Å²) in [6.45, 7) is 11.7. The van der Waals surface area contributed by atoms with Gasteiger partial charge in [0.15, 0.2) is 11.5 Å². The van der Waals surface area contributed by atoms with E-state index in [0.29, 0.717) is 12.5 Å². The van der Waals surface area contributed by atoms with Crippen molar-refractivity contribution in [2.45, 2.75) is 46.2 Å². The van der Waals surface area contributed by atoms with E-state index in [2.05, 4.69) is 42.0 Å². The van der Waals surface area contributed by atoms with E-state index in [1.54, 1.807) is 14.2 Å². The third kappa shape index (κ3) is 7.32. The number of benzene rings is 1. The Hall–Kier alpha value is -1.79. The van der Waals surface area contributed by atoms with E-state index >= 15 is 0 Å². The van der Waals surface area contributed by atoms with Gasteiger partial charge >= 0.3 is 0 Å². The van der Waals surface area contributed by atoms with E-state index in [0.717, 1.165) is 57.1 Å². The van der Waals surface area contributed by atoms with Gasteiger partial charge in [0.25, 0.3) is 0 Å². The third-order valence-corrected chi connectivity index (χ3v) is 5.27. The first-order valence-corrected chi connectivity index (χ1v) is 10.4. The van der Waals surface area contributed by atoms with Gasteiger partial charge in [0.05, 0.1) is 20.8 Å². The predicted octanol–water partition coefficient (Wildman–Crippen LogP) is 2.76. The molecule has 1 atom stereocenters. The molecule has 0 bridgehead atoms. The fourth-order valence-electron chi connectivity index (χ4n) is 3.52. The summed E-state index contributed by atoms with van der Waals surface area (Å²) in [5.41, 5.74) is 1.21. The number of ether oxygens (including phenoxy) is 2. The highest BCUT2D eigenvalue weighted by molar-refractivity contribution is 5.78. The maximum atomic E-state index is 12.3. The smallest absolute Gasteiger partial charge is 0.234 e. The average molecular weight is 392 g/mol. The van der Waals surface area contributed by atoms with Gasteiger partial charge in [-0.3, -0.25) is 14.6 Å². The Labute approximate surface area is 170 Å². The molecule has 2 rings (SSSR count). The van der Waals surface area contributed by atoms with E-state index in [4.69, 9.17) is 9.47 Å². The molecule has 6 nitrogen and oxygen atoms in total. The van der Waals surface area contributed by atoms with Gasteiger partial charge in [-0.15, -0.1) is 0 Å². The van der Waals surface area contributed by atoms with E-state index in [1.807, 2.05) is 12.1 Å². The summed E-state index contributed by atoms with van der Waals surface area (Å²) < 4.78 is 10.7. The van der Waals surface area contributed by atoms with Crippen LogP contribution in [0.3, 0.4) is 0 Å². The molecule has 1 aliphatic heterocycles. The van der Waals surface area contributed by atoms with Crippen molar-refractivity contribution < 1.29 is 14.3 Å². The topological polar surface area (TPSA) is 54.0 Å². The molecular weight excluding hydrogens is 354 g/mol. The van der Waals surface area contributed by atoms with Crippen molar-refractivity contribution in [3.8, 4) is 11.5 Å². The van der Waals surface area contributed by atoms with Crippen LogP contribution in [0.1, 0.15) is 39.2 Å². The number of nitrogens with zero attached hydrogens (tertiary/aromatic N) is 2. The Morgan fingerprint density at radius 1 is 1.00 bits per heavy atom. The van der Waals surface area contributed by atoms with Crippen molar-refractivity contribution in [3.05, 3.63) is 23.8 Å². The second-order valence-corrected chi connectivity index (χ2v) is 8.18. The average Bonchev–Trinajstić information content (AvgIpc) is 2.67. The Morgan fingerprint density at radius 3 is 2.25 bits per heavy atom. The van der Waals surface area contributed by atoms with Crippen LogP contribution in [0.15, 0.2) is 18.2 Å². The highest BCUT2D eigenvalue weighted by Gasteiger charge is 2.20. The van der Waals surface area contributed by atoms with Crippen LogP contribution in [-0.4, -0.2) is 68.7 Å². The zero-order chi connectivity index (χ0) is 20.5. The lowest BCUT2D eigenvalue weighted by Gasteiger charge is -2.34. The fraction of sp³-hybridized carbons (Fsp3) is 0.682. The van der Waals surface area contributed by atoms with Crippen LogP contribution >= 0.6 is 0 Å². The van der Waals surface area contributed by atoms with Crippen LogP contribution in [-0.2, 0) is 11.3 Å². The van der Waals surface area contributed by atoms with E-state index in [-0.39, 0.29) is 11.9 Å². The summed E-state index contributed by atoms with van der Waals surface area (Å²) in [6.07, 6.45) is 2.19. The zero-order valence-corrected chi connectivity index (χ0v) is 18.2. The molecule has 1 aromatic rings. The maximum Gasteiger partial charge on any atom is 0.234 e. The lowest BCUT2D eigenvalue weighted by Crippen LogP contribution is -2.49. The number of nitrogens with one attached hydrogen (secondary N) is 1. The number of amides is 1. The molecule has 1 heterocycles. The molecule has 1 aromatic carbocycles. The number of piperazine rings is 1. The second-order valence-electron chi connectivity index (χ2n) is 8.18. The number of carbonyl (C=O) groups excluding carboxylic acids is 1.